The van der Waals surface area contributed by atoms with E-state index < -0.39 is 11.0 Å². The number of methoxy groups -OCH3 is 2. The lowest BCUT2D eigenvalue weighted by Gasteiger charge is -2.28. The fourth-order valence-corrected chi connectivity index (χ4v) is 5.68. The lowest BCUT2D eigenvalue weighted by molar-refractivity contribution is 0.354. The summed E-state index contributed by atoms with van der Waals surface area (Å²) in [5.41, 5.74) is 4.85. The molecule has 0 saturated heterocycles. The molecule has 0 saturated carbocycles. The zero-order valence-electron chi connectivity index (χ0n) is 20.4. The molecule has 1 aromatic heterocycles. The van der Waals surface area contributed by atoms with Gasteiger partial charge in [0.1, 0.15) is 5.82 Å². The van der Waals surface area contributed by atoms with Gasteiger partial charge in [0.15, 0.2) is 22.5 Å². The quantitative estimate of drug-likeness (QED) is 0.263. The molecular formula is C27H26ClFN3O3PS. The van der Waals surface area contributed by atoms with E-state index >= 15 is 0 Å². The highest BCUT2D eigenvalue weighted by Crippen LogP contribution is 2.32. The lowest BCUT2D eigenvalue weighted by atomic mass is 10.0. The molecule has 6 nitrogen and oxygen atoms in total. The molecule has 0 radical (unpaired) electrons. The summed E-state index contributed by atoms with van der Waals surface area (Å²) in [7, 11) is 4.00. The van der Waals surface area contributed by atoms with Gasteiger partial charge in [-0.25, -0.2) is 13.6 Å². The van der Waals surface area contributed by atoms with Crippen LogP contribution in [-0.4, -0.2) is 38.8 Å². The minimum absolute atomic E-state index is 0.244. The van der Waals surface area contributed by atoms with E-state index in [2.05, 4.69) is 20.0 Å². The van der Waals surface area contributed by atoms with Crippen LogP contribution in [0.25, 0.3) is 0 Å². The minimum Gasteiger partial charge on any atom is -0.493 e. The topological polar surface area (TPSA) is 56.6 Å². The number of halogens is 2. The predicted molar refractivity (Wildman–Crippen MR) is 148 cm³/mol. The largest absolute Gasteiger partial charge is 0.493 e. The number of hydrogen-bond acceptors (Lipinski definition) is 4. The second-order valence-corrected chi connectivity index (χ2v) is 10.5. The fourth-order valence-electron chi connectivity index (χ4n) is 3.88. The molecule has 2 aromatic carbocycles. The van der Waals surface area contributed by atoms with Crippen LogP contribution in [0.2, 0.25) is 0 Å². The molecule has 0 bridgehead atoms. The van der Waals surface area contributed by atoms with Gasteiger partial charge in [0.2, 0.25) is 0 Å². The third-order valence-electron chi connectivity index (χ3n) is 5.76. The van der Waals surface area contributed by atoms with Crippen molar-refractivity contribution in [2.24, 2.45) is 0 Å². The summed E-state index contributed by atoms with van der Waals surface area (Å²) < 4.78 is 43.3. The lowest BCUT2D eigenvalue weighted by Crippen LogP contribution is -2.30. The summed E-state index contributed by atoms with van der Waals surface area (Å²) in [4.78, 5) is 4.63. The average molecular weight is 558 g/mol. The van der Waals surface area contributed by atoms with Crippen molar-refractivity contribution in [2.75, 3.05) is 20.8 Å². The number of imidazole rings is 1. The molecule has 0 spiro atoms. The van der Waals surface area contributed by atoms with Crippen molar-refractivity contribution in [3.8, 4) is 11.5 Å². The number of benzene rings is 2. The van der Waals surface area contributed by atoms with Crippen molar-refractivity contribution in [1.82, 2.24) is 13.9 Å². The number of hydrogen-bond donors (Lipinski definition) is 0. The van der Waals surface area contributed by atoms with Crippen LogP contribution in [0.5, 0.6) is 11.5 Å². The summed E-state index contributed by atoms with van der Waals surface area (Å²) >= 11 is 6.39. The van der Waals surface area contributed by atoms with Crippen LogP contribution in [0.1, 0.15) is 5.56 Å². The van der Waals surface area contributed by atoms with E-state index in [0.29, 0.717) is 51.3 Å². The predicted octanol–water partition coefficient (Wildman–Crippen LogP) is 4.91. The molecule has 3 aromatic rings. The summed E-state index contributed by atoms with van der Waals surface area (Å²) in [6.07, 6.45) is 10.7. The van der Waals surface area contributed by atoms with Crippen LogP contribution in [0.15, 0.2) is 100 Å². The molecule has 1 aliphatic carbocycles. The third-order valence-corrected chi connectivity index (χ3v) is 7.96. The van der Waals surface area contributed by atoms with Crippen molar-refractivity contribution in [2.45, 2.75) is 17.9 Å². The fraction of sp³-hybridized carbons (Fsp3) is 0.185. The Balaban J connectivity index is 1.76. The molecule has 0 N–H and O–H groups in total. The minimum atomic E-state index is -1.65. The maximum atomic E-state index is 14.8. The molecule has 0 amide bonds. The monoisotopic (exact) mass is 557 g/mol. The Morgan fingerprint density at radius 1 is 1.22 bits per heavy atom. The van der Waals surface area contributed by atoms with Crippen molar-refractivity contribution < 1.29 is 18.1 Å². The zero-order valence-corrected chi connectivity index (χ0v) is 23.1. The van der Waals surface area contributed by atoms with Crippen molar-refractivity contribution in [3.63, 3.8) is 0 Å². The Morgan fingerprint density at radius 3 is 2.73 bits per heavy atom. The van der Waals surface area contributed by atoms with E-state index in [9.17, 15) is 8.60 Å². The Hall–Kier alpha value is -3.15. The number of rotatable bonds is 10. The smallest absolute Gasteiger partial charge is 0.161 e. The van der Waals surface area contributed by atoms with Crippen LogP contribution >= 0.6 is 20.8 Å². The van der Waals surface area contributed by atoms with Crippen molar-refractivity contribution >= 4 is 37.1 Å². The van der Waals surface area contributed by atoms with Crippen molar-refractivity contribution in [3.05, 3.63) is 107 Å². The van der Waals surface area contributed by atoms with E-state index in [-0.39, 0.29) is 12.2 Å². The SMILES string of the molecule is COc1ccc(S(=O)N(CCn2ccnc2)C2=CC=C=C(Cl)C=C2Cc2c(F)cccc2P)cc1OC. The van der Waals surface area contributed by atoms with Crippen LogP contribution in [-0.2, 0) is 24.0 Å². The maximum Gasteiger partial charge on any atom is 0.161 e. The van der Waals surface area contributed by atoms with E-state index in [1.165, 1.54) is 13.2 Å². The molecule has 0 aliphatic heterocycles. The first kappa shape index (κ1) is 26.9. The summed E-state index contributed by atoms with van der Waals surface area (Å²) in [5.74, 6) is 0.682. The Morgan fingerprint density at radius 2 is 2.03 bits per heavy atom. The Bertz CT molecular complexity index is 1410. The number of aromatic nitrogens is 2. The van der Waals surface area contributed by atoms with Gasteiger partial charge in [-0.2, -0.15) is 0 Å². The molecule has 0 fully saturated rings. The highest BCUT2D eigenvalue weighted by molar-refractivity contribution is 7.82. The molecule has 4 rings (SSSR count). The van der Waals surface area contributed by atoms with Gasteiger partial charge in [-0.05, 0) is 52.9 Å². The van der Waals surface area contributed by atoms with Gasteiger partial charge in [0.25, 0.3) is 0 Å². The van der Waals surface area contributed by atoms with E-state index in [4.69, 9.17) is 21.1 Å². The summed E-state index contributed by atoms with van der Waals surface area (Å²) in [6, 6.07) is 10.1. The van der Waals surface area contributed by atoms with Gasteiger partial charge < -0.3 is 14.0 Å². The summed E-state index contributed by atoms with van der Waals surface area (Å²) in [5, 5.41) is 1.11. The van der Waals surface area contributed by atoms with E-state index in [1.807, 2.05) is 16.8 Å². The highest BCUT2D eigenvalue weighted by Gasteiger charge is 2.24. The number of nitrogens with zero attached hydrogens (tertiary/aromatic N) is 3. The zero-order chi connectivity index (χ0) is 26.4. The molecule has 2 unspecified atom stereocenters. The van der Waals surface area contributed by atoms with Crippen LogP contribution in [0.3, 0.4) is 0 Å². The second kappa shape index (κ2) is 12.4. The first-order valence-corrected chi connectivity index (χ1v) is 13.4. The first-order chi connectivity index (χ1) is 17.9. The van der Waals surface area contributed by atoms with Crippen molar-refractivity contribution in [1.29, 1.82) is 0 Å². The average Bonchev–Trinajstić information content (AvgIpc) is 3.35. The second-order valence-electron chi connectivity index (χ2n) is 8.03. The van der Waals surface area contributed by atoms with Crippen LogP contribution in [0, 0.1) is 5.82 Å². The first-order valence-electron chi connectivity index (χ1n) is 11.3. The molecule has 1 aliphatic rings. The van der Waals surface area contributed by atoms with Gasteiger partial charge in [-0.3, -0.25) is 4.31 Å². The molecule has 37 heavy (non-hydrogen) atoms. The van der Waals surface area contributed by atoms with Gasteiger partial charge in [0.05, 0.1) is 42.7 Å². The Kier molecular flexibility index (Phi) is 9.01. The van der Waals surface area contributed by atoms with Gasteiger partial charge in [-0.1, -0.05) is 23.7 Å². The van der Waals surface area contributed by atoms with Gasteiger partial charge in [0, 0.05) is 31.4 Å². The molecular weight excluding hydrogens is 532 g/mol. The highest BCUT2D eigenvalue weighted by atomic mass is 35.5. The Labute approximate surface area is 225 Å². The maximum absolute atomic E-state index is 14.8. The summed E-state index contributed by atoms with van der Waals surface area (Å²) in [6.45, 7) is 0.889. The molecule has 2 atom stereocenters. The van der Waals surface area contributed by atoms with E-state index in [0.717, 1.165) is 5.30 Å². The number of allylic oxidation sites excluding steroid dienone is 4. The number of ether oxygens (including phenoxy) is 2. The third kappa shape index (κ3) is 6.41. The molecule has 1 heterocycles. The van der Waals surface area contributed by atoms with Crippen LogP contribution < -0.4 is 14.8 Å². The van der Waals surface area contributed by atoms with Gasteiger partial charge in [-0.15, -0.1) is 15.0 Å². The normalized spacial score (nSPS) is 13.8. The van der Waals surface area contributed by atoms with E-state index in [1.54, 1.807) is 66.4 Å². The molecule has 10 heteroatoms. The standard InChI is InChI=1S/C27H26ClFN3O3PS/c1-34-25-10-9-21(17-26(25)35-2)37(33)32(14-13-31-12-11-30-18-31)24-7-3-5-20(28)15-19(24)16-22-23(29)6-4-8-27(22)36/h3-4,6-12,15,17-18H,13-14,16,36H2,1-2H3. The van der Waals surface area contributed by atoms with Gasteiger partial charge >= 0.3 is 0 Å². The molecule has 192 valence electrons. The van der Waals surface area contributed by atoms with Crippen LogP contribution in [0.4, 0.5) is 4.39 Å².